The molecule has 0 spiro atoms. The standard InChI is InChI=1S/C18H25NO4S/c1-2-23-14-6-8-15(9-7-14)24-12-16(20)19-13-18(17(21)22)10-4-3-5-11-18/h6-9H,2-5,10-13H2,1H3,(H,19,20)(H,21,22). The van der Waals surface area contributed by atoms with Crippen molar-refractivity contribution in [1.82, 2.24) is 5.32 Å². The van der Waals surface area contributed by atoms with Crippen LogP contribution in [0.3, 0.4) is 0 Å². The van der Waals surface area contributed by atoms with Crippen molar-refractivity contribution in [3.63, 3.8) is 0 Å². The molecule has 1 amide bonds. The molecule has 132 valence electrons. The van der Waals surface area contributed by atoms with E-state index in [0.29, 0.717) is 19.4 Å². The summed E-state index contributed by atoms with van der Waals surface area (Å²) < 4.78 is 5.38. The van der Waals surface area contributed by atoms with Crippen molar-refractivity contribution in [3.05, 3.63) is 24.3 Å². The van der Waals surface area contributed by atoms with Crippen LogP contribution >= 0.6 is 11.8 Å². The lowest BCUT2D eigenvalue weighted by atomic mass is 9.74. The minimum atomic E-state index is -0.790. The first-order valence-electron chi connectivity index (χ1n) is 8.41. The van der Waals surface area contributed by atoms with Crippen LogP contribution in [0.25, 0.3) is 0 Å². The van der Waals surface area contributed by atoms with Gasteiger partial charge in [-0.15, -0.1) is 11.8 Å². The molecule has 1 saturated carbocycles. The smallest absolute Gasteiger partial charge is 0.311 e. The predicted molar refractivity (Wildman–Crippen MR) is 94.5 cm³/mol. The Balaban J connectivity index is 1.79. The molecular formula is C18H25NO4S. The average Bonchev–Trinajstić information content (AvgIpc) is 2.60. The summed E-state index contributed by atoms with van der Waals surface area (Å²) in [7, 11) is 0. The highest BCUT2D eigenvalue weighted by molar-refractivity contribution is 8.00. The van der Waals surface area contributed by atoms with Crippen molar-refractivity contribution in [2.75, 3.05) is 18.9 Å². The molecule has 0 saturated heterocycles. The van der Waals surface area contributed by atoms with Gasteiger partial charge in [-0.05, 0) is 44.0 Å². The summed E-state index contributed by atoms with van der Waals surface area (Å²) in [6, 6.07) is 7.60. The molecule has 6 heteroatoms. The zero-order chi connectivity index (χ0) is 17.4. The normalized spacial score (nSPS) is 16.4. The van der Waals surface area contributed by atoms with E-state index in [0.717, 1.165) is 29.9 Å². The van der Waals surface area contributed by atoms with Crippen molar-refractivity contribution in [1.29, 1.82) is 0 Å². The Labute approximate surface area is 147 Å². The van der Waals surface area contributed by atoms with Gasteiger partial charge in [0.25, 0.3) is 0 Å². The van der Waals surface area contributed by atoms with Gasteiger partial charge < -0.3 is 15.2 Å². The summed E-state index contributed by atoms with van der Waals surface area (Å²) in [6.07, 6.45) is 4.21. The van der Waals surface area contributed by atoms with Crippen molar-refractivity contribution < 1.29 is 19.4 Å². The van der Waals surface area contributed by atoms with Gasteiger partial charge in [-0.25, -0.2) is 0 Å². The van der Waals surface area contributed by atoms with Gasteiger partial charge in [0, 0.05) is 11.4 Å². The van der Waals surface area contributed by atoms with Gasteiger partial charge in [0.1, 0.15) is 5.75 Å². The number of benzene rings is 1. The maximum atomic E-state index is 12.0. The predicted octanol–water partition coefficient (Wildman–Crippen LogP) is 3.33. The maximum Gasteiger partial charge on any atom is 0.311 e. The molecular weight excluding hydrogens is 326 g/mol. The van der Waals surface area contributed by atoms with E-state index in [1.54, 1.807) is 0 Å². The Hall–Kier alpha value is -1.69. The first-order valence-corrected chi connectivity index (χ1v) is 9.40. The minimum absolute atomic E-state index is 0.125. The number of rotatable bonds is 8. The Morgan fingerprint density at radius 1 is 1.21 bits per heavy atom. The summed E-state index contributed by atoms with van der Waals surface area (Å²) in [5, 5.41) is 12.3. The summed E-state index contributed by atoms with van der Waals surface area (Å²) in [6.45, 7) is 2.79. The molecule has 1 fully saturated rings. The van der Waals surface area contributed by atoms with E-state index < -0.39 is 11.4 Å². The second kappa shape index (κ2) is 8.97. The molecule has 0 radical (unpaired) electrons. The zero-order valence-electron chi connectivity index (χ0n) is 14.0. The quantitative estimate of drug-likeness (QED) is 0.703. The molecule has 0 heterocycles. The second-order valence-electron chi connectivity index (χ2n) is 6.12. The topological polar surface area (TPSA) is 75.6 Å². The number of carboxylic acid groups (broad SMARTS) is 1. The maximum absolute atomic E-state index is 12.0. The third-order valence-electron chi connectivity index (χ3n) is 4.39. The van der Waals surface area contributed by atoms with E-state index in [-0.39, 0.29) is 18.2 Å². The monoisotopic (exact) mass is 351 g/mol. The third-order valence-corrected chi connectivity index (χ3v) is 5.40. The second-order valence-corrected chi connectivity index (χ2v) is 7.16. The van der Waals surface area contributed by atoms with Crippen LogP contribution in [-0.2, 0) is 9.59 Å². The summed E-state index contributed by atoms with van der Waals surface area (Å²) in [5.74, 6) is 0.178. The van der Waals surface area contributed by atoms with E-state index in [4.69, 9.17) is 4.74 Å². The van der Waals surface area contributed by atoms with Crippen LogP contribution in [0.15, 0.2) is 29.2 Å². The molecule has 0 aliphatic heterocycles. The Bertz CT molecular complexity index is 553. The fraction of sp³-hybridized carbons (Fsp3) is 0.556. The largest absolute Gasteiger partial charge is 0.494 e. The van der Waals surface area contributed by atoms with Gasteiger partial charge in [-0.2, -0.15) is 0 Å². The molecule has 24 heavy (non-hydrogen) atoms. The number of thioether (sulfide) groups is 1. The van der Waals surface area contributed by atoms with Crippen molar-refractivity contribution in [2.24, 2.45) is 5.41 Å². The highest BCUT2D eigenvalue weighted by Gasteiger charge is 2.39. The number of amides is 1. The van der Waals surface area contributed by atoms with Gasteiger partial charge in [-0.1, -0.05) is 19.3 Å². The molecule has 0 atom stereocenters. The Kier molecular flexibility index (Phi) is 6.97. The molecule has 1 aliphatic rings. The summed E-state index contributed by atoms with van der Waals surface area (Å²) in [4.78, 5) is 24.6. The van der Waals surface area contributed by atoms with Crippen LogP contribution in [0, 0.1) is 5.41 Å². The number of hydrogen-bond acceptors (Lipinski definition) is 4. The van der Waals surface area contributed by atoms with E-state index in [2.05, 4.69) is 5.32 Å². The van der Waals surface area contributed by atoms with Crippen LogP contribution in [-0.4, -0.2) is 35.9 Å². The number of hydrogen-bond donors (Lipinski definition) is 2. The highest BCUT2D eigenvalue weighted by Crippen LogP contribution is 2.36. The van der Waals surface area contributed by atoms with E-state index >= 15 is 0 Å². The van der Waals surface area contributed by atoms with E-state index in [9.17, 15) is 14.7 Å². The van der Waals surface area contributed by atoms with Gasteiger partial charge in [0.2, 0.25) is 5.91 Å². The van der Waals surface area contributed by atoms with Gasteiger partial charge in [-0.3, -0.25) is 9.59 Å². The van der Waals surface area contributed by atoms with Gasteiger partial charge in [0.05, 0.1) is 17.8 Å². The molecule has 0 bridgehead atoms. The number of ether oxygens (including phenoxy) is 1. The zero-order valence-corrected chi connectivity index (χ0v) is 14.9. The minimum Gasteiger partial charge on any atom is -0.494 e. The average molecular weight is 351 g/mol. The lowest BCUT2D eigenvalue weighted by Crippen LogP contribution is -2.44. The van der Waals surface area contributed by atoms with Gasteiger partial charge >= 0.3 is 5.97 Å². The molecule has 0 aromatic heterocycles. The fourth-order valence-corrected chi connectivity index (χ4v) is 3.69. The summed E-state index contributed by atoms with van der Waals surface area (Å²) >= 11 is 1.43. The van der Waals surface area contributed by atoms with E-state index in [1.807, 2.05) is 31.2 Å². The van der Waals surface area contributed by atoms with E-state index in [1.165, 1.54) is 11.8 Å². The molecule has 2 rings (SSSR count). The number of carbonyl (C=O) groups is 2. The first-order chi connectivity index (χ1) is 11.6. The molecule has 0 unspecified atom stereocenters. The number of aliphatic carboxylic acids is 1. The van der Waals surface area contributed by atoms with Crippen LogP contribution in [0.2, 0.25) is 0 Å². The van der Waals surface area contributed by atoms with Crippen molar-refractivity contribution in [2.45, 2.75) is 43.9 Å². The molecule has 1 aliphatic carbocycles. The lowest BCUT2D eigenvalue weighted by Gasteiger charge is -2.33. The van der Waals surface area contributed by atoms with Crippen LogP contribution in [0.4, 0.5) is 0 Å². The fourth-order valence-electron chi connectivity index (χ4n) is 2.96. The Morgan fingerprint density at radius 3 is 2.46 bits per heavy atom. The number of carboxylic acids is 1. The lowest BCUT2D eigenvalue weighted by molar-refractivity contribution is -0.151. The molecule has 2 N–H and O–H groups in total. The van der Waals surface area contributed by atoms with Crippen LogP contribution < -0.4 is 10.1 Å². The third kappa shape index (κ3) is 5.16. The Morgan fingerprint density at radius 2 is 1.88 bits per heavy atom. The van der Waals surface area contributed by atoms with Crippen molar-refractivity contribution >= 4 is 23.6 Å². The number of nitrogens with one attached hydrogen (secondary N) is 1. The SMILES string of the molecule is CCOc1ccc(SCC(=O)NCC2(C(=O)O)CCCCC2)cc1. The molecule has 1 aromatic carbocycles. The molecule has 1 aromatic rings. The highest BCUT2D eigenvalue weighted by atomic mass is 32.2. The molecule has 5 nitrogen and oxygen atoms in total. The van der Waals surface area contributed by atoms with Crippen LogP contribution in [0.5, 0.6) is 5.75 Å². The van der Waals surface area contributed by atoms with Crippen molar-refractivity contribution in [3.8, 4) is 5.75 Å². The first kappa shape index (κ1) is 18.6. The van der Waals surface area contributed by atoms with Gasteiger partial charge in [0.15, 0.2) is 0 Å². The van der Waals surface area contributed by atoms with Crippen LogP contribution in [0.1, 0.15) is 39.0 Å². The number of carbonyl (C=O) groups excluding carboxylic acids is 1. The summed E-state index contributed by atoms with van der Waals surface area (Å²) in [5.41, 5.74) is -0.780.